The van der Waals surface area contributed by atoms with Crippen LogP contribution in [0.25, 0.3) is 0 Å². The standard InChI is InChI=1S/C26H25N5O3S/c1-17-12-14-18(15-13-17)23-24(25(32)27-20-10-6-7-11-21(20)33-2)35-26-29-28-22(31(26)30-23)16-34-19-8-4-3-5-9-19/h3-15,23-24,30H,16H2,1-2H3,(H,27,32)/t23-,24+/m1/s1. The number of amides is 1. The van der Waals surface area contributed by atoms with Crippen molar-refractivity contribution < 1.29 is 14.3 Å². The number of hydrogen-bond donors (Lipinski definition) is 2. The van der Waals surface area contributed by atoms with Crippen molar-refractivity contribution in [2.75, 3.05) is 17.9 Å². The number of anilines is 1. The van der Waals surface area contributed by atoms with E-state index in [4.69, 9.17) is 9.47 Å². The normalized spacial score (nSPS) is 16.6. The van der Waals surface area contributed by atoms with Gasteiger partial charge in [-0.2, -0.15) is 0 Å². The number of aryl methyl sites for hydroxylation is 1. The quantitative estimate of drug-likeness (QED) is 0.395. The zero-order valence-electron chi connectivity index (χ0n) is 19.3. The number of thioether (sulfide) groups is 1. The van der Waals surface area contributed by atoms with Crippen molar-refractivity contribution in [3.63, 3.8) is 0 Å². The molecule has 0 bridgehead atoms. The van der Waals surface area contributed by atoms with E-state index in [9.17, 15) is 4.79 Å². The Morgan fingerprint density at radius 2 is 1.77 bits per heavy atom. The third-order valence-corrected chi connectivity index (χ3v) is 6.89. The molecular formula is C26H25N5O3S. The lowest BCUT2D eigenvalue weighted by Gasteiger charge is -2.33. The molecule has 178 valence electrons. The first kappa shape index (κ1) is 22.8. The van der Waals surface area contributed by atoms with Crippen LogP contribution in [-0.4, -0.2) is 33.1 Å². The minimum Gasteiger partial charge on any atom is -0.495 e. The molecule has 5 rings (SSSR count). The molecule has 0 aliphatic carbocycles. The summed E-state index contributed by atoms with van der Waals surface area (Å²) in [6, 6.07) is 24.7. The van der Waals surface area contributed by atoms with Crippen molar-refractivity contribution in [1.82, 2.24) is 14.9 Å². The Bertz CT molecular complexity index is 1310. The fourth-order valence-corrected chi connectivity index (χ4v) is 4.93. The van der Waals surface area contributed by atoms with Crippen LogP contribution in [-0.2, 0) is 11.4 Å². The maximum absolute atomic E-state index is 13.5. The van der Waals surface area contributed by atoms with Crippen LogP contribution in [0.4, 0.5) is 5.69 Å². The number of para-hydroxylation sites is 3. The van der Waals surface area contributed by atoms with Crippen molar-refractivity contribution in [2.45, 2.75) is 30.0 Å². The first-order valence-electron chi connectivity index (χ1n) is 11.2. The lowest BCUT2D eigenvalue weighted by molar-refractivity contribution is -0.116. The number of carbonyl (C=O) groups is 1. The number of rotatable bonds is 7. The largest absolute Gasteiger partial charge is 0.495 e. The van der Waals surface area contributed by atoms with Gasteiger partial charge in [0.15, 0.2) is 5.82 Å². The number of aromatic nitrogens is 3. The Balaban J connectivity index is 1.43. The molecule has 0 unspecified atom stereocenters. The average Bonchev–Trinajstić information content (AvgIpc) is 3.30. The molecule has 4 aromatic rings. The maximum Gasteiger partial charge on any atom is 0.240 e. The van der Waals surface area contributed by atoms with E-state index in [1.54, 1.807) is 7.11 Å². The van der Waals surface area contributed by atoms with Crippen LogP contribution in [0.5, 0.6) is 11.5 Å². The third-order valence-electron chi connectivity index (χ3n) is 5.67. The Hall–Kier alpha value is -3.98. The fourth-order valence-electron chi connectivity index (χ4n) is 3.83. The van der Waals surface area contributed by atoms with E-state index in [1.807, 2.05) is 90.5 Å². The molecule has 1 aliphatic rings. The summed E-state index contributed by atoms with van der Waals surface area (Å²) < 4.78 is 13.1. The summed E-state index contributed by atoms with van der Waals surface area (Å²) in [5, 5.41) is 11.7. The first-order valence-corrected chi connectivity index (χ1v) is 12.1. The molecule has 2 N–H and O–H groups in total. The molecule has 0 saturated heterocycles. The van der Waals surface area contributed by atoms with E-state index in [-0.39, 0.29) is 18.6 Å². The molecule has 8 nitrogen and oxygen atoms in total. The van der Waals surface area contributed by atoms with E-state index in [1.165, 1.54) is 11.8 Å². The molecule has 35 heavy (non-hydrogen) atoms. The highest BCUT2D eigenvalue weighted by atomic mass is 32.2. The van der Waals surface area contributed by atoms with Gasteiger partial charge in [0, 0.05) is 0 Å². The lowest BCUT2D eigenvalue weighted by Crippen LogP contribution is -2.41. The third kappa shape index (κ3) is 4.95. The van der Waals surface area contributed by atoms with Gasteiger partial charge in [-0.3, -0.25) is 4.79 Å². The van der Waals surface area contributed by atoms with Crippen molar-refractivity contribution in [2.24, 2.45) is 0 Å². The second-order valence-corrected chi connectivity index (χ2v) is 9.19. The minimum absolute atomic E-state index is 0.158. The SMILES string of the molecule is COc1ccccc1NC(=O)[C@H]1Sc2nnc(COc3ccccc3)n2N[C@@H]1c1ccc(C)cc1. The Kier molecular flexibility index (Phi) is 6.58. The highest BCUT2D eigenvalue weighted by molar-refractivity contribution is 8.00. The van der Waals surface area contributed by atoms with Gasteiger partial charge in [0.05, 0.1) is 18.8 Å². The number of carbonyl (C=O) groups excluding carboxylic acids is 1. The van der Waals surface area contributed by atoms with Gasteiger partial charge in [-0.15, -0.1) is 10.2 Å². The minimum atomic E-state index is -0.498. The first-order chi connectivity index (χ1) is 17.1. The summed E-state index contributed by atoms with van der Waals surface area (Å²) in [6.07, 6.45) is 0. The number of hydrogen-bond acceptors (Lipinski definition) is 7. The maximum atomic E-state index is 13.5. The molecular weight excluding hydrogens is 462 g/mol. The number of nitrogens with one attached hydrogen (secondary N) is 2. The molecule has 0 saturated carbocycles. The van der Waals surface area contributed by atoms with E-state index in [2.05, 4.69) is 20.9 Å². The van der Waals surface area contributed by atoms with Gasteiger partial charge in [-0.1, -0.05) is 71.9 Å². The number of nitrogens with zero attached hydrogens (tertiary/aromatic N) is 3. The fraction of sp³-hybridized carbons (Fsp3) is 0.192. The molecule has 1 aromatic heterocycles. The number of fused-ring (bicyclic) bond motifs is 1. The highest BCUT2D eigenvalue weighted by Gasteiger charge is 2.38. The van der Waals surface area contributed by atoms with Gasteiger partial charge in [0.25, 0.3) is 0 Å². The predicted octanol–water partition coefficient (Wildman–Crippen LogP) is 4.57. The molecule has 2 atom stereocenters. The number of ether oxygens (including phenoxy) is 2. The van der Waals surface area contributed by atoms with Crippen LogP contribution < -0.4 is 20.2 Å². The molecule has 3 aromatic carbocycles. The zero-order chi connectivity index (χ0) is 24.2. The van der Waals surface area contributed by atoms with Gasteiger partial charge >= 0.3 is 0 Å². The van der Waals surface area contributed by atoms with E-state index in [0.29, 0.717) is 22.4 Å². The molecule has 2 heterocycles. The topological polar surface area (TPSA) is 90.3 Å². The molecule has 9 heteroatoms. The van der Waals surface area contributed by atoms with E-state index < -0.39 is 5.25 Å². The van der Waals surface area contributed by atoms with E-state index in [0.717, 1.165) is 16.9 Å². The molecule has 0 radical (unpaired) electrons. The van der Waals surface area contributed by atoms with Crippen molar-refractivity contribution in [3.05, 3.63) is 95.8 Å². The summed E-state index contributed by atoms with van der Waals surface area (Å²) in [5.74, 6) is 1.81. The Morgan fingerprint density at radius 1 is 1.03 bits per heavy atom. The van der Waals surface area contributed by atoms with Crippen LogP contribution in [0.1, 0.15) is 23.0 Å². The number of methoxy groups -OCH3 is 1. The van der Waals surface area contributed by atoms with Crippen LogP contribution in [0, 0.1) is 6.92 Å². The summed E-state index contributed by atoms with van der Waals surface area (Å²) in [5.41, 5.74) is 6.21. The Morgan fingerprint density at radius 3 is 2.54 bits per heavy atom. The van der Waals surface area contributed by atoms with Crippen molar-refractivity contribution in [1.29, 1.82) is 0 Å². The molecule has 1 aliphatic heterocycles. The smallest absolute Gasteiger partial charge is 0.240 e. The van der Waals surface area contributed by atoms with Crippen LogP contribution in [0.15, 0.2) is 84.0 Å². The van der Waals surface area contributed by atoms with Gasteiger partial charge in [0.1, 0.15) is 23.4 Å². The second kappa shape index (κ2) is 10.1. The van der Waals surface area contributed by atoms with Crippen molar-refractivity contribution in [3.8, 4) is 11.5 Å². The zero-order valence-corrected chi connectivity index (χ0v) is 20.2. The van der Waals surface area contributed by atoms with Crippen LogP contribution in [0.3, 0.4) is 0 Å². The Labute approximate surface area is 207 Å². The lowest BCUT2D eigenvalue weighted by atomic mass is 10.0. The van der Waals surface area contributed by atoms with E-state index >= 15 is 0 Å². The van der Waals surface area contributed by atoms with Crippen LogP contribution in [0.2, 0.25) is 0 Å². The summed E-state index contributed by atoms with van der Waals surface area (Å²) in [4.78, 5) is 13.5. The summed E-state index contributed by atoms with van der Waals surface area (Å²) >= 11 is 1.37. The second-order valence-electron chi connectivity index (χ2n) is 8.08. The van der Waals surface area contributed by atoms with Gasteiger partial charge in [0.2, 0.25) is 11.1 Å². The average molecular weight is 488 g/mol. The summed E-state index contributed by atoms with van der Waals surface area (Å²) in [6.45, 7) is 2.28. The molecule has 1 amide bonds. The number of benzene rings is 3. The summed E-state index contributed by atoms with van der Waals surface area (Å²) in [7, 11) is 1.58. The van der Waals surface area contributed by atoms with Gasteiger partial charge in [-0.25, -0.2) is 4.68 Å². The monoisotopic (exact) mass is 487 g/mol. The van der Waals surface area contributed by atoms with Crippen LogP contribution >= 0.6 is 11.8 Å². The molecule has 0 spiro atoms. The van der Waals surface area contributed by atoms with Gasteiger partial charge < -0.3 is 20.2 Å². The van der Waals surface area contributed by atoms with Gasteiger partial charge in [-0.05, 0) is 36.8 Å². The molecule has 0 fully saturated rings. The van der Waals surface area contributed by atoms with Crippen molar-refractivity contribution >= 4 is 23.4 Å². The highest BCUT2D eigenvalue weighted by Crippen LogP contribution is 2.38. The predicted molar refractivity (Wildman–Crippen MR) is 135 cm³/mol.